The first-order valence-corrected chi connectivity index (χ1v) is 14.0. The van der Waals surface area contributed by atoms with Crippen LogP contribution in [0, 0.1) is 11.7 Å². The third-order valence-electron chi connectivity index (χ3n) is 7.50. The predicted molar refractivity (Wildman–Crippen MR) is 156 cm³/mol. The van der Waals surface area contributed by atoms with E-state index in [0.29, 0.717) is 40.5 Å². The standard InChI is InChI=1S/C34H39FO5/c1-23(2)34(37)40-22-30-20-29(13-15-33(30)39-19-18-38-17-16-36)31-14-12-28(21-32(31)35)27-10-8-26(9-11-27)25-6-4-24(3)5-7-25/h8-15,20-21,24-25,36H,1,4-7,16-19,22H2,2-3H3. The fourth-order valence-corrected chi connectivity index (χ4v) is 5.11. The van der Waals surface area contributed by atoms with E-state index in [2.05, 4.69) is 37.8 Å². The molecule has 1 saturated carbocycles. The molecule has 0 atom stereocenters. The molecule has 40 heavy (non-hydrogen) atoms. The van der Waals surface area contributed by atoms with Gasteiger partial charge in [-0.2, -0.15) is 0 Å². The van der Waals surface area contributed by atoms with Crippen molar-refractivity contribution in [1.82, 2.24) is 0 Å². The molecule has 5 nitrogen and oxygen atoms in total. The van der Waals surface area contributed by atoms with E-state index >= 15 is 4.39 Å². The number of aliphatic hydroxyl groups excluding tert-OH is 1. The topological polar surface area (TPSA) is 65.0 Å². The number of ether oxygens (including phenoxy) is 3. The molecule has 1 N–H and O–H groups in total. The lowest BCUT2D eigenvalue weighted by atomic mass is 9.79. The average Bonchev–Trinajstić information content (AvgIpc) is 2.96. The van der Waals surface area contributed by atoms with Crippen molar-refractivity contribution in [3.8, 4) is 28.0 Å². The molecule has 0 saturated heterocycles. The normalized spacial score (nSPS) is 16.9. The fraction of sp³-hybridized carbons (Fsp3) is 0.382. The quantitative estimate of drug-likeness (QED) is 0.145. The molecule has 212 valence electrons. The summed E-state index contributed by atoms with van der Waals surface area (Å²) in [6.07, 6.45) is 5.03. The lowest BCUT2D eigenvalue weighted by Gasteiger charge is -2.26. The second-order valence-electron chi connectivity index (χ2n) is 10.6. The number of aliphatic hydroxyl groups is 1. The van der Waals surface area contributed by atoms with Gasteiger partial charge in [-0.25, -0.2) is 9.18 Å². The Hall–Kier alpha value is -3.48. The van der Waals surface area contributed by atoms with Crippen LogP contribution in [0.2, 0.25) is 0 Å². The minimum atomic E-state index is -0.512. The van der Waals surface area contributed by atoms with Crippen LogP contribution in [0.15, 0.2) is 72.8 Å². The van der Waals surface area contributed by atoms with E-state index in [1.165, 1.54) is 31.2 Å². The molecule has 3 aromatic carbocycles. The van der Waals surface area contributed by atoms with E-state index in [1.807, 2.05) is 6.07 Å². The fourth-order valence-electron chi connectivity index (χ4n) is 5.11. The third kappa shape index (κ3) is 7.80. The molecule has 0 bridgehead atoms. The van der Waals surface area contributed by atoms with Crippen LogP contribution in [0.3, 0.4) is 0 Å². The van der Waals surface area contributed by atoms with E-state index in [1.54, 1.807) is 37.3 Å². The van der Waals surface area contributed by atoms with E-state index in [4.69, 9.17) is 19.3 Å². The van der Waals surface area contributed by atoms with Crippen LogP contribution in [-0.2, 0) is 20.9 Å². The maximum atomic E-state index is 15.4. The Morgan fingerprint density at radius 1 is 0.925 bits per heavy atom. The van der Waals surface area contributed by atoms with Gasteiger partial charge in [0, 0.05) is 16.7 Å². The first kappa shape index (κ1) is 29.5. The number of carbonyl (C=O) groups excluding carboxylic acids is 1. The molecule has 0 spiro atoms. The summed E-state index contributed by atoms with van der Waals surface area (Å²) in [5.41, 5.74) is 5.17. The van der Waals surface area contributed by atoms with Crippen molar-refractivity contribution in [3.05, 3.63) is 89.8 Å². The molecule has 4 rings (SSSR count). The van der Waals surface area contributed by atoms with Crippen molar-refractivity contribution < 1.29 is 28.5 Å². The first-order valence-electron chi connectivity index (χ1n) is 14.0. The zero-order valence-corrected chi connectivity index (χ0v) is 23.5. The number of halogens is 1. The van der Waals surface area contributed by atoms with E-state index < -0.39 is 5.97 Å². The van der Waals surface area contributed by atoms with Crippen LogP contribution >= 0.6 is 0 Å². The summed E-state index contributed by atoms with van der Waals surface area (Å²) in [6, 6.07) is 19.1. The molecular weight excluding hydrogens is 507 g/mol. The Morgan fingerprint density at radius 3 is 2.30 bits per heavy atom. The van der Waals surface area contributed by atoms with Crippen LogP contribution in [0.4, 0.5) is 4.39 Å². The highest BCUT2D eigenvalue weighted by Gasteiger charge is 2.20. The first-order chi connectivity index (χ1) is 19.4. The van der Waals surface area contributed by atoms with Crippen molar-refractivity contribution in [2.75, 3.05) is 26.4 Å². The van der Waals surface area contributed by atoms with Crippen LogP contribution in [0.25, 0.3) is 22.3 Å². The summed E-state index contributed by atoms with van der Waals surface area (Å²) in [5.74, 6) is 1.10. The number of esters is 1. The second-order valence-corrected chi connectivity index (χ2v) is 10.6. The highest BCUT2D eigenvalue weighted by molar-refractivity contribution is 5.87. The van der Waals surface area contributed by atoms with Crippen molar-refractivity contribution in [2.45, 2.75) is 52.1 Å². The second kappa shape index (κ2) is 14.2. The third-order valence-corrected chi connectivity index (χ3v) is 7.50. The summed E-state index contributed by atoms with van der Waals surface area (Å²) in [5, 5.41) is 8.85. The number of carbonyl (C=O) groups is 1. The molecule has 0 unspecified atom stereocenters. The van der Waals surface area contributed by atoms with Gasteiger partial charge in [-0.15, -0.1) is 0 Å². The Morgan fingerprint density at radius 2 is 1.62 bits per heavy atom. The molecular formula is C34H39FO5. The Kier molecular flexibility index (Phi) is 10.5. The Bertz CT molecular complexity index is 1290. The minimum Gasteiger partial charge on any atom is -0.491 e. The lowest BCUT2D eigenvalue weighted by Crippen LogP contribution is -2.11. The molecule has 0 amide bonds. The molecule has 0 radical (unpaired) electrons. The maximum absolute atomic E-state index is 15.4. The van der Waals surface area contributed by atoms with Gasteiger partial charge in [-0.1, -0.05) is 68.8 Å². The van der Waals surface area contributed by atoms with Gasteiger partial charge in [0.25, 0.3) is 0 Å². The van der Waals surface area contributed by atoms with Gasteiger partial charge in [0.05, 0.1) is 19.8 Å². The highest BCUT2D eigenvalue weighted by Crippen LogP contribution is 2.37. The van der Waals surface area contributed by atoms with E-state index in [9.17, 15) is 4.79 Å². The average molecular weight is 547 g/mol. The lowest BCUT2D eigenvalue weighted by molar-refractivity contribution is -0.140. The van der Waals surface area contributed by atoms with Gasteiger partial charge in [-0.05, 0) is 72.1 Å². The smallest absolute Gasteiger partial charge is 0.333 e. The van der Waals surface area contributed by atoms with Crippen LogP contribution < -0.4 is 4.74 Å². The number of rotatable bonds is 12. The SMILES string of the molecule is C=C(C)C(=O)OCc1cc(-c2ccc(-c3ccc(C4CCC(C)CC4)cc3)cc2F)ccc1OCCOCCO. The highest BCUT2D eigenvalue weighted by atomic mass is 19.1. The number of benzene rings is 3. The van der Waals surface area contributed by atoms with Crippen molar-refractivity contribution in [3.63, 3.8) is 0 Å². The predicted octanol–water partition coefficient (Wildman–Crippen LogP) is 7.46. The monoisotopic (exact) mass is 546 g/mol. The summed E-state index contributed by atoms with van der Waals surface area (Å²) in [6.45, 7) is 8.19. The van der Waals surface area contributed by atoms with E-state index in [-0.39, 0.29) is 32.2 Å². The largest absolute Gasteiger partial charge is 0.491 e. The molecule has 0 aliphatic heterocycles. The molecule has 1 aliphatic carbocycles. The molecule has 0 aromatic heterocycles. The van der Waals surface area contributed by atoms with Crippen LogP contribution in [-0.4, -0.2) is 37.5 Å². The summed E-state index contributed by atoms with van der Waals surface area (Å²) < 4.78 is 31.9. The van der Waals surface area contributed by atoms with Crippen LogP contribution in [0.1, 0.15) is 56.6 Å². The van der Waals surface area contributed by atoms with Gasteiger partial charge < -0.3 is 19.3 Å². The minimum absolute atomic E-state index is 0.0433. The number of hydrogen-bond donors (Lipinski definition) is 1. The van der Waals surface area contributed by atoms with Gasteiger partial charge in [0.2, 0.25) is 0 Å². The van der Waals surface area contributed by atoms with Crippen LogP contribution in [0.5, 0.6) is 5.75 Å². The Labute approximate surface area is 236 Å². The van der Waals surface area contributed by atoms with Crippen molar-refractivity contribution in [1.29, 1.82) is 0 Å². The van der Waals surface area contributed by atoms with Gasteiger partial charge >= 0.3 is 5.97 Å². The Balaban J connectivity index is 1.51. The zero-order chi connectivity index (χ0) is 28.5. The zero-order valence-electron chi connectivity index (χ0n) is 23.5. The summed E-state index contributed by atoms with van der Waals surface area (Å²) >= 11 is 0. The van der Waals surface area contributed by atoms with Gasteiger partial charge in [-0.3, -0.25) is 0 Å². The number of hydrogen-bond acceptors (Lipinski definition) is 5. The molecule has 6 heteroatoms. The van der Waals surface area contributed by atoms with Crippen molar-refractivity contribution >= 4 is 5.97 Å². The van der Waals surface area contributed by atoms with Gasteiger partial charge in [0.1, 0.15) is 24.8 Å². The molecule has 1 aliphatic rings. The van der Waals surface area contributed by atoms with Gasteiger partial charge in [0.15, 0.2) is 0 Å². The molecule has 0 heterocycles. The molecule has 1 fully saturated rings. The van der Waals surface area contributed by atoms with E-state index in [0.717, 1.165) is 17.0 Å². The molecule has 3 aromatic rings. The maximum Gasteiger partial charge on any atom is 0.333 e. The summed E-state index contributed by atoms with van der Waals surface area (Å²) in [4.78, 5) is 12.0. The summed E-state index contributed by atoms with van der Waals surface area (Å²) in [7, 11) is 0. The van der Waals surface area contributed by atoms with Crippen molar-refractivity contribution in [2.24, 2.45) is 5.92 Å².